The first-order chi connectivity index (χ1) is 16.4. The number of nitrogens with zero attached hydrogens (tertiary/aromatic N) is 1. The Bertz CT molecular complexity index is 1170. The van der Waals surface area contributed by atoms with Crippen molar-refractivity contribution in [2.45, 2.75) is 19.9 Å². The lowest BCUT2D eigenvalue weighted by Crippen LogP contribution is -2.32. The summed E-state index contributed by atoms with van der Waals surface area (Å²) in [6.07, 6.45) is 3.22. The van der Waals surface area contributed by atoms with E-state index in [2.05, 4.69) is 0 Å². The van der Waals surface area contributed by atoms with E-state index in [1.807, 2.05) is 30.3 Å². The van der Waals surface area contributed by atoms with Crippen LogP contribution in [0.15, 0.2) is 71.5 Å². The van der Waals surface area contributed by atoms with Gasteiger partial charge in [-0.1, -0.05) is 44.2 Å². The molecule has 1 saturated heterocycles. The van der Waals surface area contributed by atoms with Crippen molar-refractivity contribution < 1.29 is 28.3 Å². The van der Waals surface area contributed by atoms with Crippen LogP contribution in [0.2, 0.25) is 0 Å². The Kier molecular flexibility index (Phi) is 6.93. The number of amides is 1. The van der Waals surface area contributed by atoms with E-state index in [4.69, 9.17) is 13.9 Å². The average molecular weight is 462 g/mol. The average Bonchev–Trinajstić information content (AvgIpc) is 3.47. The molecular weight excluding hydrogens is 434 g/mol. The van der Waals surface area contributed by atoms with Crippen molar-refractivity contribution in [1.29, 1.82) is 0 Å². The molecule has 0 N–H and O–H groups in total. The lowest BCUT2D eigenvalue weighted by molar-refractivity contribution is -0.139. The van der Waals surface area contributed by atoms with Crippen molar-refractivity contribution in [2.75, 3.05) is 25.2 Å². The van der Waals surface area contributed by atoms with Gasteiger partial charge in [0.1, 0.15) is 24.1 Å². The number of benzene rings is 2. The molecule has 1 aliphatic heterocycles. The van der Waals surface area contributed by atoms with Crippen LogP contribution < -0.4 is 9.64 Å². The van der Waals surface area contributed by atoms with E-state index in [1.165, 1.54) is 4.90 Å². The third-order valence-corrected chi connectivity index (χ3v) is 5.96. The van der Waals surface area contributed by atoms with Gasteiger partial charge in [-0.15, -0.1) is 0 Å². The van der Waals surface area contributed by atoms with Gasteiger partial charge in [-0.05, 0) is 29.8 Å². The lowest BCUT2D eigenvalue weighted by atomic mass is 9.84. The summed E-state index contributed by atoms with van der Waals surface area (Å²) in [6, 6.07) is 15.5. The number of anilines is 1. The van der Waals surface area contributed by atoms with Crippen molar-refractivity contribution in [2.24, 2.45) is 11.8 Å². The van der Waals surface area contributed by atoms with Crippen LogP contribution in [0.1, 0.15) is 25.5 Å². The summed E-state index contributed by atoms with van der Waals surface area (Å²) in [7, 11) is 1.58. The van der Waals surface area contributed by atoms with Gasteiger partial charge in [0.15, 0.2) is 0 Å². The fourth-order valence-corrected chi connectivity index (χ4v) is 4.25. The minimum Gasteiger partial charge on any atom is -0.491 e. The number of methoxy groups -OCH3 is 1. The molecule has 0 spiro atoms. The van der Waals surface area contributed by atoms with Crippen LogP contribution >= 0.6 is 0 Å². The molecule has 1 fully saturated rings. The van der Waals surface area contributed by atoms with E-state index in [-0.39, 0.29) is 5.78 Å². The molecule has 0 bridgehead atoms. The number of ketones is 2. The minimum atomic E-state index is -1.12. The summed E-state index contributed by atoms with van der Waals surface area (Å²) in [5, 5.41) is 0. The molecule has 7 heteroatoms. The summed E-state index contributed by atoms with van der Waals surface area (Å²) in [4.78, 5) is 41.0. The maximum atomic E-state index is 13.3. The molecule has 1 amide bonds. The zero-order valence-electron chi connectivity index (χ0n) is 19.4. The molecule has 3 aromatic rings. The predicted molar refractivity (Wildman–Crippen MR) is 127 cm³/mol. The summed E-state index contributed by atoms with van der Waals surface area (Å²) in [5.41, 5.74) is 2.94. The van der Waals surface area contributed by atoms with Crippen LogP contribution in [0.25, 0.3) is 11.1 Å². The van der Waals surface area contributed by atoms with E-state index in [9.17, 15) is 14.4 Å². The monoisotopic (exact) mass is 461 g/mol. The SMILES string of the molecule is COCCOc1ccccc1[C@H]1C(C(=O)C(C)C)C(=O)C(=O)N1c1ccc(-c2ccoc2)cc1. The lowest BCUT2D eigenvalue weighted by Gasteiger charge is -2.29. The summed E-state index contributed by atoms with van der Waals surface area (Å²) in [6.45, 7) is 4.15. The molecule has 1 unspecified atom stereocenters. The van der Waals surface area contributed by atoms with Crippen LogP contribution in [0.3, 0.4) is 0 Å². The zero-order valence-corrected chi connectivity index (χ0v) is 19.4. The molecule has 2 aromatic carbocycles. The van der Waals surface area contributed by atoms with Gasteiger partial charge in [0.2, 0.25) is 5.78 Å². The molecule has 0 aliphatic carbocycles. The molecule has 0 radical (unpaired) electrons. The fourth-order valence-electron chi connectivity index (χ4n) is 4.25. The van der Waals surface area contributed by atoms with E-state index in [0.29, 0.717) is 30.2 Å². The Morgan fingerprint density at radius 3 is 2.38 bits per heavy atom. The van der Waals surface area contributed by atoms with Gasteiger partial charge in [0, 0.05) is 29.8 Å². The summed E-state index contributed by atoms with van der Waals surface area (Å²) >= 11 is 0. The van der Waals surface area contributed by atoms with Crippen molar-refractivity contribution in [3.8, 4) is 16.9 Å². The van der Waals surface area contributed by atoms with Crippen LogP contribution in [-0.4, -0.2) is 37.8 Å². The Labute approximate surface area is 198 Å². The van der Waals surface area contributed by atoms with Crippen molar-refractivity contribution in [3.05, 3.63) is 72.7 Å². The number of Topliss-reactive ketones (excluding diaryl/α,β-unsaturated/α-hetero) is 2. The molecule has 4 rings (SSSR count). The Balaban J connectivity index is 1.79. The highest BCUT2D eigenvalue weighted by molar-refractivity contribution is 6.48. The molecule has 0 saturated carbocycles. The fraction of sp³-hybridized carbons (Fsp3) is 0.296. The van der Waals surface area contributed by atoms with Gasteiger partial charge in [-0.3, -0.25) is 19.3 Å². The number of rotatable bonds is 9. The van der Waals surface area contributed by atoms with Crippen LogP contribution in [0.5, 0.6) is 5.75 Å². The molecule has 1 aliphatic rings. The van der Waals surface area contributed by atoms with Crippen molar-refractivity contribution in [3.63, 3.8) is 0 Å². The standard InChI is InChI=1S/C27H27NO6/c1-17(2)25(29)23-24(21-6-4-5-7-22(21)34-15-14-32-3)28(27(31)26(23)30)20-10-8-18(9-11-20)19-12-13-33-16-19/h4-13,16-17,23-24H,14-15H2,1-3H3/t23?,24-/m0/s1. The molecular formula is C27H27NO6. The van der Waals surface area contributed by atoms with Crippen molar-refractivity contribution in [1.82, 2.24) is 0 Å². The molecule has 2 heterocycles. The van der Waals surface area contributed by atoms with Gasteiger partial charge in [-0.2, -0.15) is 0 Å². The smallest absolute Gasteiger partial charge is 0.295 e. The van der Waals surface area contributed by atoms with Crippen LogP contribution in [-0.2, 0) is 19.1 Å². The number of furan rings is 1. The highest BCUT2D eigenvalue weighted by Crippen LogP contribution is 2.44. The highest BCUT2D eigenvalue weighted by atomic mass is 16.5. The van der Waals surface area contributed by atoms with E-state index >= 15 is 0 Å². The molecule has 34 heavy (non-hydrogen) atoms. The normalized spacial score (nSPS) is 18.1. The zero-order chi connectivity index (χ0) is 24.2. The largest absolute Gasteiger partial charge is 0.491 e. The van der Waals surface area contributed by atoms with Gasteiger partial charge < -0.3 is 13.9 Å². The summed E-state index contributed by atoms with van der Waals surface area (Å²) in [5.74, 6) is -2.69. The van der Waals surface area contributed by atoms with E-state index < -0.39 is 29.6 Å². The second kappa shape index (κ2) is 10.1. The maximum Gasteiger partial charge on any atom is 0.295 e. The van der Waals surface area contributed by atoms with Crippen LogP contribution in [0.4, 0.5) is 5.69 Å². The topological polar surface area (TPSA) is 86.0 Å². The number of hydrogen-bond acceptors (Lipinski definition) is 6. The Morgan fingerprint density at radius 1 is 1.00 bits per heavy atom. The highest BCUT2D eigenvalue weighted by Gasteiger charge is 2.53. The first-order valence-corrected chi connectivity index (χ1v) is 11.2. The molecule has 1 aromatic heterocycles. The molecule has 7 nitrogen and oxygen atoms in total. The predicted octanol–water partition coefficient (Wildman–Crippen LogP) is 4.47. The van der Waals surface area contributed by atoms with Crippen molar-refractivity contribution >= 4 is 23.2 Å². The number of carbonyl (C=O) groups excluding carboxylic acids is 3. The molecule has 2 atom stereocenters. The van der Waals surface area contributed by atoms with Gasteiger partial charge in [-0.25, -0.2) is 0 Å². The number of hydrogen-bond donors (Lipinski definition) is 0. The Morgan fingerprint density at radius 2 is 1.74 bits per heavy atom. The number of ether oxygens (including phenoxy) is 2. The number of para-hydroxylation sites is 1. The van der Waals surface area contributed by atoms with Gasteiger partial charge in [0.25, 0.3) is 5.91 Å². The van der Waals surface area contributed by atoms with Crippen LogP contribution in [0, 0.1) is 11.8 Å². The quantitative estimate of drug-likeness (QED) is 0.266. The second-order valence-electron chi connectivity index (χ2n) is 8.46. The minimum absolute atomic E-state index is 0.271. The third-order valence-electron chi connectivity index (χ3n) is 5.96. The number of carbonyl (C=O) groups is 3. The maximum absolute atomic E-state index is 13.3. The van der Waals surface area contributed by atoms with E-state index in [0.717, 1.165) is 11.1 Å². The Hall–Kier alpha value is -3.71. The first kappa shape index (κ1) is 23.4. The summed E-state index contributed by atoms with van der Waals surface area (Å²) < 4.78 is 16.1. The second-order valence-corrected chi connectivity index (χ2v) is 8.46. The van der Waals surface area contributed by atoms with E-state index in [1.54, 1.807) is 57.7 Å². The van der Waals surface area contributed by atoms with Gasteiger partial charge in [0.05, 0.1) is 25.2 Å². The first-order valence-electron chi connectivity index (χ1n) is 11.2. The van der Waals surface area contributed by atoms with Gasteiger partial charge >= 0.3 is 0 Å². The third kappa shape index (κ3) is 4.39. The molecule has 176 valence electrons.